The van der Waals surface area contributed by atoms with Crippen LogP contribution in [0.25, 0.3) is 0 Å². The number of nitrogens with zero attached hydrogens (tertiary/aromatic N) is 2. The predicted octanol–water partition coefficient (Wildman–Crippen LogP) is 2.87. The Labute approximate surface area is 124 Å². The summed E-state index contributed by atoms with van der Waals surface area (Å²) < 4.78 is 7.56. The highest BCUT2D eigenvalue weighted by atomic mass is 35.5. The zero-order valence-electron chi connectivity index (χ0n) is 12.1. The van der Waals surface area contributed by atoms with Gasteiger partial charge in [-0.3, -0.25) is 4.68 Å². The number of aromatic nitrogens is 2. The van der Waals surface area contributed by atoms with E-state index in [-0.39, 0.29) is 5.92 Å². The highest BCUT2D eigenvalue weighted by molar-refractivity contribution is 6.30. The molecule has 2 rings (SSSR count). The lowest BCUT2D eigenvalue weighted by Crippen LogP contribution is -2.18. The van der Waals surface area contributed by atoms with Gasteiger partial charge in [-0.05, 0) is 38.1 Å². The molecule has 0 radical (unpaired) electrons. The minimum atomic E-state index is 0.0152. The van der Waals surface area contributed by atoms with Crippen molar-refractivity contribution in [1.82, 2.24) is 9.78 Å². The van der Waals surface area contributed by atoms with Crippen LogP contribution in [-0.2, 0) is 7.05 Å². The van der Waals surface area contributed by atoms with E-state index >= 15 is 0 Å². The van der Waals surface area contributed by atoms with E-state index in [2.05, 4.69) is 5.10 Å². The Morgan fingerprint density at radius 2 is 2.15 bits per heavy atom. The molecule has 1 unspecified atom stereocenters. The SMILES string of the molecule is CCOc1ccc(Cl)cc1C(CN)c1cc(C)nn1C. The third kappa shape index (κ3) is 2.97. The van der Waals surface area contributed by atoms with Crippen molar-refractivity contribution in [3.05, 3.63) is 46.2 Å². The molecule has 5 heteroatoms. The molecule has 1 atom stereocenters. The van der Waals surface area contributed by atoms with Crippen molar-refractivity contribution in [2.24, 2.45) is 12.8 Å². The number of hydrogen-bond donors (Lipinski definition) is 1. The summed E-state index contributed by atoms with van der Waals surface area (Å²) in [6, 6.07) is 7.70. The molecule has 2 N–H and O–H groups in total. The molecule has 1 heterocycles. The molecule has 2 aromatic rings. The van der Waals surface area contributed by atoms with Crippen LogP contribution in [0, 0.1) is 6.92 Å². The Morgan fingerprint density at radius 1 is 1.40 bits per heavy atom. The van der Waals surface area contributed by atoms with Crippen LogP contribution in [0.5, 0.6) is 5.75 Å². The van der Waals surface area contributed by atoms with E-state index in [9.17, 15) is 0 Å². The zero-order chi connectivity index (χ0) is 14.7. The quantitative estimate of drug-likeness (QED) is 0.922. The predicted molar refractivity (Wildman–Crippen MR) is 81.5 cm³/mol. The molecular formula is C15H20ClN3O. The van der Waals surface area contributed by atoms with Crippen molar-refractivity contribution in [2.45, 2.75) is 19.8 Å². The number of ether oxygens (including phenoxy) is 1. The van der Waals surface area contributed by atoms with Crippen LogP contribution in [-0.4, -0.2) is 22.9 Å². The average molecular weight is 294 g/mol. The molecule has 0 fully saturated rings. The molecule has 4 nitrogen and oxygen atoms in total. The van der Waals surface area contributed by atoms with Crippen molar-refractivity contribution < 1.29 is 4.74 Å². The fourth-order valence-corrected chi connectivity index (χ4v) is 2.62. The smallest absolute Gasteiger partial charge is 0.123 e. The summed E-state index contributed by atoms with van der Waals surface area (Å²) in [7, 11) is 1.93. The topological polar surface area (TPSA) is 53.1 Å². The van der Waals surface area contributed by atoms with E-state index in [1.165, 1.54) is 0 Å². The Balaban J connectivity index is 2.51. The van der Waals surface area contributed by atoms with Gasteiger partial charge in [0.15, 0.2) is 0 Å². The summed E-state index contributed by atoms with van der Waals surface area (Å²) in [4.78, 5) is 0. The van der Waals surface area contributed by atoms with Gasteiger partial charge in [0, 0.05) is 35.8 Å². The standard InChI is InChI=1S/C15H20ClN3O/c1-4-20-15-6-5-11(16)8-12(15)13(9-17)14-7-10(2)18-19(14)3/h5-8,13H,4,9,17H2,1-3H3. The molecule has 0 aliphatic heterocycles. The minimum absolute atomic E-state index is 0.0152. The highest BCUT2D eigenvalue weighted by Crippen LogP contribution is 2.33. The number of halogens is 1. The van der Waals surface area contributed by atoms with Crippen LogP contribution in [0.15, 0.2) is 24.3 Å². The molecule has 1 aromatic heterocycles. The molecule has 0 saturated heterocycles. The fraction of sp³-hybridized carbons (Fsp3) is 0.400. The van der Waals surface area contributed by atoms with Crippen molar-refractivity contribution >= 4 is 11.6 Å². The van der Waals surface area contributed by atoms with Gasteiger partial charge in [0.2, 0.25) is 0 Å². The van der Waals surface area contributed by atoms with Gasteiger partial charge >= 0.3 is 0 Å². The Hall–Kier alpha value is -1.52. The molecule has 0 aliphatic carbocycles. The first-order valence-electron chi connectivity index (χ1n) is 6.69. The van der Waals surface area contributed by atoms with E-state index in [0.29, 0.717) is 18.2 Å². The molecule has 1 aromatic carbocycles. The van der Waals surface area contributed by atoms with E-state index in [4.69, 9.17) is 22.1 Å². The maximum Gasteiger partial charge on any atom is 0.123 e. The van der Waals surface area contributed by atoms with E-state index in [1.807, 2.05) is 49.8 Å². The summed E-state index contributed by atoms with van der Waals surface area (Å²) >= 11 is 6.13. The summed E-state index contributed by atoms with van der Waals surface area (Å²) in [5.74, 6) is 0.840. The number of benzene rings is 1. The van der Waals surface area contributed by atoms with Gasteiger partial charge in [0.25, 0.3) is 0 Å². The summed E-state index contributed by atoms with van der Waals surface area (Å²) in [6.45, 7) is 5.01. The maximum atomic E-state index is 6.13. The van der Waals surface area contributed by atoms with Crippen molar-refractivity contribution in [3.8, 4) is 5.75 Å². The lowest BCUT2D eigenvalue weighted by molar-refractivity contribution is 0.335. The number of rotatable bonds is 5. The second kappa shape index (κ2) is 6.29. The molecule has 0 spiro atoms. The second-order valence-corrected chi connectivity index (χ2v) is 5.17. The number of hydrogen-bond acceptors (Lipinski definition) is 3. The van der Waals surface area contributed by atoms with E-state index < -0.39 is 0 Å². The first kappa shape index (κ1) is 14.9. The maximum absolute atomic E-state index is 6.13. The van der Waals surface area contributed by atoms with Gasteiger partial charge in [-0.15, -0.1) is 0 Å². The molecule has 0 amide bonds. The van der Waals surface area contributed by atoms with Crippen molar-refractivity contribution in [3.63, 3.8) is 0 Å². The van der Waals surface area contributed by atoms with Crippen molar-refractivity contribution in [2.75, 3.05) is 13.2 Å². The number of aryl methyl sites for hydroxylation is 2. The lowest BCUT2D eigenvalue weighted by Gasteiger charge is -2.19. The van der Waals surface area contributed by atoms with Crippen LogP contribution in [0.2, 0.25) is 5.02 Å². The lowest BCUT2D eigenvalue weighted by atomic mass is 9.94. The summed E-state index contributed by atoms with van der Waals surface area (Å²) in [5.41, 5.74) is 9.03. The molecule has 20 heavy (non-hydrogen) atoms. The highest BCUT2D eigenvalue weighted by Gasteiger charge is 2.21. The Bertz CT molecular complexity index is 595. The zero-order valence-corrected chi connectivity index (χ0v) is 12.8. The number of nitrogens with two attached hydrogens (primary N) is 1. The fourth-order valence-electron chi connectivity index (χ4n) is 2.44. The first-order valence-corrected chi connectivity index (χ1v) is 7.07. The molecular weight excluding hydrogens is 274 g/mol. The average Bonchev–Trinajstić information content (AvgIpc) is 2.73. The van der Waals surface area contributed by atoms with E-state index in [1.54, 1.807) is 0 Å². The minimum Gasteiger partial charge on any atom is -0.494 e. The Morgan fingerprint density at radius 3 is 2.70 bits per heavy atom. The molecule has 108 valence electrons. The van der Waals surface area contributed by atoms with Crippen molar-refractivity contribution in [1.29, 1.82) is 0 Å². The third-order valence-electron chi connectivity index (χ3n) is 3.28. The Kier molecular flexibility index (Phi) is 4.68. The third-order valence-corrected chi connectivity index (χ3v) is 3.51. The summed E-state index contributed by atoms with van der Waals surface area (Å²) in [5, 5.41) is 5.07. The van der Waals surface area contributed by atoms with Crippen LogP contribution in [0.4, 0.5) is 0 Å². The van der Waals surface area contributed by atoms with Gasteiger partial charge in [-0.25, -0.2) is 0 Å². The van der Waals surface area contributed by atoms with E-state index in [0.717, 1.165) is 22.7 Å². The second-order valence-electron chi connectivity index (χ2n) is 4.74. The van der Waals surface area contributed by atoms with Crippen LogP contribution < -0.4 is 10.5 Å². The van der Waals surface area contributed by atoms with Gasteiger partial charge in [-0.2, -0.15) is 5.10 Å². The summed E-state index contributed by atoms with van der Waals surface area (Å²) in [6.07, 6.45) is 0. The monoisotopic (exact) mass is 293 g/mol. The van der Waals surface area contributed by atoms with Crippen LogP contribution >= 0.6 is 11.6 Å². The van der Waals surface area contributed by atoms with Gasteiger partial charge in [0.1, 0.15) is 5.75 Å². The van der Waals surface area contributed by atoms with Gasteiger partial charge in [-0.1, -0.05) is 11.6 Å². The first-order chi connectivity index (χ1) is 9.56. The molecule has 0 aliphatic rings. The largest absolute Gasteiger partial charge is 0.494 e. The molecule has 0 bridgehead atoms. The normalized spacial score (nSPS) is 12.4. The van der Waals surface area contributed by atoms with Gasteiger partial charge < -0.3 is 10.5 Å². The van der Waals surface area contributed by atoms with Crippen LogP contribution in [0.3, 0.4) is 0 Å². The van der Waals surface area contributed by atoms with Crippen LogP contribution in [0.1, 0.15) is 29.8 Å². The van der Waals surface area contributed by atoms with Gasteiger partial charge in [0.05, 0.1) is 12.3 Å². The molecule has 0 saturated carbocycles.